The molecule has 0 aliphatic heterocycles. The van der Waals surface area contributed by atoms with Crippen LogP contribution in [0.2, 0.25) is 0 Å². The normalized spacial score (nSPS) is 13.7. The third-order valence-corrected chi connectivity index (χ3v) is 3.69. The molecule has 0 aromatic carbocycles. The van der Waals surface area contributed by atoms with Gasteiger partial charge in [-0.05, 0) is 31.0 Å². The van der Waals surface area contributed by atoms with Gasteiger partial charge in [-0.25, -0.2) is 13.1 Å². The Morgan fingerprint density at radius 3 is 2.53 bits per heavy atom. The number of hydrogen-bond acceptors (Lipinski definition) is 3. The zero-order chi connectivity index (χ0) is 11.3. The SMILES string of the molecule is CCCS(=O)(=O)NC(C)c1ccncc1. The van der Waals surface area contributed by atoms with Crippen LogP contribution in [0.4, 0.5) is 0 Å². The van der Waals surface area contributed by atoms with Crippen LogP contribution in [-0.2, 0) is 10.0 Å². The Labute approximate surface area is 90.8 Å². The van der Waals surface area contributed by atoms with Crippen LogP contribution in [0.25, 0.3) is 0 Å². The maximum Gasteiger partial charge on any atom is 0.212 e. The molecule has 0 saturated carbocycles. The number of hydrogen-bond donors (Lipinski definition) is 1. The van der Waals surface area contributed by atoms with Gasteiger partial charge in [-0.15, -0.1) is 0 Å². The van der Waals surface area contributed by atoms with E-state index in [2.05, 4.69) is 9.71 Å². The minimum absolute atomic E-state index is 0.169. The first-order valence-electron chi connectivity index (χ1n) is 4.95. The maximum absolute atomic E-state index is 11.5. The summed E-state index contributed by atoms with van der Waals surface area (Å²) in [6.07, 6.45) is 3.93. The van der Waals surface area contributed by atoms with Gasteiger partial charge in [0.05, 0.1) is 5.75 Å². The molecule has 1 heterocycles. The number of nitrogens with zero attached hydrogens (tertiary/aromatic N) is 1. The van der Waals surface area contributed by atoms with E-state index in [1.54, 1.807) is 24.5 Å². The monoisotopic (exact) mass is 228 g/mol. The third kappa shape index (κ3) is 3.97. The fourth-order valence-corrected chi connectivity index (χ4v) is 2.65. The zero-order valence-electron chi connectivity index (χ0n) is 8.97. The van der Waals surface area contributed by atoms with E-state index in [9.17, 15) is 8.42 Å². The summed E-state index contributed by atoms with van der Waals surface area (Å²) in [5, 5.41) is 0. The zero-order valence-corrected chi connectivity index (χ0v) is 9.79. The van der Waals surface area contributed by atoms with Crippen molar-refractivity contribution in [2.45, 2.75) is 26.3 Å². The van der Waals surface area contributed by atoms with Gasteiger partial charge >= 0.3 is 0 Å². The van der Waals surface area contributed by atoms with Crippen molar-refractivity contribution >= 4 is 10.0 Å². The van der Waals surface area contributed by atoms with Gasteiger partial charge in [-0.2, -0.15) is 0 Å². The summed E-state index contributed by atoms with van der Waals surface area (Å²) in [7, 11) is -3.15. The molecule has 0 bridgehead atoms. The molecule has 1 aromatic rings. The average molecular weight is 228 g/mol. The molecule has 0 radical (unpaired) electrons. The standard InChI is InChI=1S/C10H16N2O2S/c1-3-8-15(13,14)12-9(2)10-4-6-11-7-5-10/h4-7,9,12H,3,8H2,1-2H3. The number of aromatic nitrogens is 1. The Hall–Kier alpha value is -0.940. The molecule has 1 N–H and O–H groups in total. The molecule has 1 atom stereocenters. The smallest absolute Gasteiger partial charge is 0.212 e. The van der Waals surface area contributed by atoms with Gasteiger partial charge < -0.3 is 0 Å². The molecule has 0 aliphatic rings. The summed E-state index contributed by atoms with van der Waals surface area (Å²) in [6.45, 7) is 3.67. The summed E-state index contributed by atoms with van der Waals surface area (Å²) in [5.41, 5.74) is 0.921. The first-order valence-corrected chi connectivity index (χ1v) is 6.60. The van der Waals surface area contributed by atoms with Crippen molar-refractivity contribution in [2.75, 3.05) is 5.75 Å². The van der Waals surface area contributed by atoms with Crippen LogP contribution < -0.4 is 4.72 Å². The predicted octanol–water partition coefficient (Wildman–Crippen LogP) is 1.47. The predicted molar refractivity (Wildman–Crippen MR) is 59.9 cm³/mol. The van der Waals surface area contributed by atoms with Crippen molar-refractivity contribution in [3.63, 3.8) is 0 Å². The molecular formula is C10H16N2O2S. The Kier molecular flexibility index (Phi) is 4.23. The quantitative estimate of drug-likeness (QED) is 0.830. The van der Waals surface area contributed by atoms with E-state index >= 15 is 0 Å². The number of sulfonamides is 1. The van der Waals surface area contributed by atoms with Crippen molar-refractivity contribution in [1.82, 2.24) is 9.71 Å². The van der Waals surface area contributed by atoms with Crippen LogP contribution in [0.15, 0.2) is 24.5 Å². The van der Waals surface area contributed by atoms with Gasteiger partial charge in [0.2, 0.25) is 10.0 Å². The van der Waals surface area contributed by atoms with Crippen LogP contribution in [0.5, 0.6) is 0 Å². The first-order chi connectivity index (χ1) is 7.05. The lowest BCUT2D eigenvalue weighted by Gasteiger charge is -2.13. The summed E-state index contributed by atoms with van der Waals surface area (Å²) >= 11 is 0. The molecule has 1 aromatic heterocycles. The summed E-state index contributed by atoms with van der Waals surface area (Å²) < 4.78 is 25.6. The molecule has 15 heavy (non-hydrogen) atoms. The molecule has 5 heteroatoms. The molecule has 4 nitrogen and oxygen atoms in total. The second kappa shape index (κ2) is 5.23. The van der Waals surface area contributed by atoms with Crippen molar-refractivity contribution in [1.29, 1.82) is 0 Å². The molecule has 0 fully saturated rings. The highest BCUT2D eigenvalue weighted by atomic mass is 32.2. The fourth-order valence-electron chi connectivity index (χ4n) is 1.32. The second-order valence-electron chi connectivity index (χ2n) is 3.44. The van der Waals surface area contributed by atoms with E-state index in [0.29, 0.717) is 6.42 Å². The van der Waals surface area contributed by atoms with Gasteiger partial charge in [-0.3, -0.25) is 4.98 Å². The maximum atomic E-state index is 11.5. The van der Waals surface area contributed by atoms with Crippen LogP contribution in [0.3, 0.4) is 0 Å². The van der Waals surface area contributed by atoms with E-state index in [-0.39, 0.29) is 11.8 Å². The lowest BCUT2D eigenvalue weighted by Crippen LogP contribution is -2.28. The summed E-state index contributed by atoms with van der Waals surface area (Å²) in [4.78, 5) is 3.88. The lowest BCUT2D eigenvalue weighted by atomic mass is 10.1. The van der Waals surface area contributed by atoms with Gasteiger partial charge in [-0.1, -0.05) is 6.92 Å². The van der Waals surface area contributed by atoms with Crippen molar-refractivity contribution in [3.05, 3.63) is 30.1 Å². The Morgan fingerprint density at radius 2 is 2.00 bits per heavy atom. The minimum atomic E-state index is -3.15. The first kappa shape index (κ1) is 12.1. The molecule has 84 valence electrons. The highest BCUT2D eigenvalue weighted by Crippen LogP contribution is 2.11. The Bertz CT molecular complexity index is 389. The minimum Gasteiger partial charge on any atom is -0.265 e. The van der Waals surface area contributed by atoms with E-state index in [1.165, 1.54) is 0 Å². The van der Waals surface area contributed by atoms with Crippen molar-refractivity contribution in [3.8, 4) is 0 Å². The van der Waals surface area contributed by atoms with Crippen LogP contribution >= 0.6 is 0 Å². The molecular weight excluding hydrogens is 212 g/mol. The van der Waals surface area contributed by atoms with E-state index < -0.39 is 10.0 Å². The topological polar surface area (TPSA) is 59.1 Å². The highest BCUT2D eigenvalue weighted by Gasteiger charge is 2.14. The molecule has 1 unspecified atom stereocenters. The number of pyridine rings is 1. The largest absolute Gasteiger partial charge is 0.265 e. The van der Waals surface area contributed by atoms with Gasteiger partial charge in [0.1, 0.15) is 0 Å². The summed E-state index contributed by atoms with van der Waals surface area (Å²) in [6, 6.07) is 3.41. The van der Waals surface area contributed by atoms with E-state index in [0.717, 1.165) is 5.56 Å². The van der Waals surface area contributed by atoms with Gasteiger partial charge in [0.15, 0.2) is 0 Å². The lowest BCUT2D eigenvalue weighted by molar-refractivity contribution is 0.565. The second-order valence-corrected chi connectivity index (χ2v) is 5.31. The van der Waals surface area contributed by atoms with Gasteiger partial charge in [0.25, 0.3) is 0 Å². The Morgan fingerprint density at radius 1 is 1.40 bits per heavy atom. The molecule has 1 rings (SSSR count). The highest BCUT2D eigenvalue weighted by molar-refractivity contribution is 7.89. The van der Waals surface area contributed by atoms with E-state index in [1.807, 2.05) is 13.8 Å². The number of nitrogens with one attached hydrogen (secondary N) is 1. The Balaban J connectivity index is 2.68. The average Bonchev–Trinajstić information content (AvgIpc) is 2.18. The van der Waals surface area contributed by atoms with Crippen LogP contribution in [0, 0.1) is 0 Å². The summed E-state index contributed by atoms with van der Waals surface area (Å²) in [5.74, 6) is 0.169. The number of rotatable bonds is 5. The van der Waals surface area contributed by atoms with Crippen molar-refractivity contribution < 1.29 is 8.42 Å². The third-order valence-electron chi connectivity index (χ3n) is 2.04. The van der Waals surface area contributed by atoms with Crippen LogP contribution in [-0.4, -0.2) is 19.2 Å². The molecule has 0 saturated heterocycles. The molecule has 0 amide bonds. The molecule has 0 spiro atoms. The fraction of sp³-hybridized carbons (Fsp3) is 0.500. The van der Waals surface area contributed by atoms with Crippen LogP contribution in [0.1, 0.15) is 31.9 Å². The molecule has 0 aliphatic carbocycles. The van der Waals surface area contributed by atoms with Gasteiger partial charge in [0, 0.05) is 18.4 Å². The van der Waals surface area contributed by atoms with Crippen molar-refractivity contribution in [2.24, 2.45) is 0 Å². The van der Waals surface area contributed by atoms with E-state index in [4.69, 9.17) is 0 Å².